The zero-order valence-electron chi connectivity index (χ0n) is 10.2. The molecular formula is C13H17F3O. The Bertz CT molecular complexity index is 385. The van der Waals surface area contributed by atoms with Crippen LogP contribution in [0.2, 0.25) is 0 Å². The average molecular weight is 246 g/mol. The highest BCUT2D eigenvalue weighted by molar-refractivity contribution is 5.34. The minimum absolute atomic E-state index is 0.0328. The SMILES string of the molecule is CCC(C)C(O)c1ccc(C(F)(F)F)cc1C. The quantitative estimate of drug-likeness (QED) is 0.851. The zero-order valence-corrected chi connectivity index (χ0v) is 10.2. The molecule has 0 amide bonds. The summed E-state index contributed by atoms with van der Waals surface area (Å²) in [6, 6.07) is 3.48. The number of hydrogen-bond donors (Lipinski definition) is 1. The Kier molecular flexibility index (Phi) is 4.20. The van der Waals surface area contributed by atoms with Crippen LogP contribution in [0.25, 0.3) is 0 Å². The largest absolute Gasteiger partial charge is 0.416 e. The molecule has 0 radical (unpaired) electrons. The summed E-state index contributed by atoms with van der Waals surface area (Å²) in [6.45, 7) is 5.41. The predicted molar refractivity (Wildman–Crippen MR) is 60.6 cm³/mol. The van der Waals surface area contributed by atoms with E-state index in [-0.39, 0.29) is 5.92 Å². The van der Waals surface area contributed by atoms with Crippen LogP contribution in [0.3, 0.4) is 0 Å². The van der Waals surface area contributed by atoms with Gasteiger partial charge in [0.25, 0.3) is 0 Å². The van der Waals surface area contributed by atoms with Gasteiger partial charge in [-0.15, -0.1) is 0 Å². The van der Waals surface area contributed by atoms with Gasteiger partial charge in [0.05, 0.1) is 11.7 Å². The minimum Gasteiger partial charge on any atom is -0.388 e. The van der Waals surface area contributed by atoms with Crippen molar-refractivity contribution < 1.29 is 18.3 Å². The van der Waals surface area contributed by atoms with E-state index in [0.717, 1.165) is 18.6 Å². The first kappa shape index (κ1) is 14.0. The summed E-state index contributed by atoms with van der Waals surface area (Å²) in [5.74, 6) is 0.0328. The Balaban J connectivity index is 3.06. The van der Waals surface area contributed by atoms with Crippen LogP contribution < -0.4 is 0 Å². The van der Waals surface area contributed by atoms with E-state index in [9.17, 15) is 18.3 Å². The molecule has 0 saturated carbocycles. The molecule has 0 fully saturated rings. The molecule has 0 saturated heterocycles. The maximum atomic E-state index is 12.5. The summed E-state index contributed by atoms with van der Waals surface area (Å²) in [4.78, 5) is 0. The van der Waals surface area contributed by atoms with E-state index in [1.54, 1.807) is 6.92 Å². The molecule has 4 heteroatoms. The molecule has 2 atom stereocenters. The van der Waals surface area contributed by atoms with Gasteiger partial charge >= 0.3 is 6.18 Å². The predicted octanol–water partition coefficient (Wildman–Crippen LogP) is 4.09. The van der Waals surface area contributed by atoms with Crippen LogP contribution in [-0.2, 0) is 6.18 Å². The summed E-state index contributed by atoms with van der Waals surface area (Å²) < 4.78 is 37.4. The molecule has 0 spiro atoms. The lowest BCUT2D eigenvalue weighted by atomic mass is 9.91. The first-order valence-electron chi connectivity index (χ1n) is 5.63. The smallest absolute Gasteiger partial charge is 0.388 e. The molecule has 0 aliphatic rings. The van der Waals surface area contributed by atoms with Gasteiger partial charge in [-0.05, 0) is 36.1 Å². The number of benzene rings is 1. The van der Waals surface area contributed by atoms with Crippen LogP contribution >= 0.6 is 0 Å². The van der Waals surface area contributed by atoms with Crippen molar-refractivity contribution in [2.45, 2.75) is 39.5 Å². The van der Waals surface area contributed by atoms with Crippen molar-refractivity contribution in [2.75, 3.05) is 0 Å². The minimum atomic E-state index is -4.33. The average Bonchev–Trinajstić information content (AvgIpc) is 2.25. The second-order valence-electron chi connectivity index (χ2n) is 4.40. The molecule has 96 valence electrons. The number of aliphatic hydroxyl groups is 1. The zero-order chi connectivity index (χ0) is 13.2. The lowest BCUT2D eigenvalue weighted by Gasteiger charge is -2.20. The highest BCUT2D eigenvalue weighted by atomic mass is 19.4. The van der Waals surface area contributed by atoms with E-state index in [4.69, 9.17) is 0 Å². The van der Waals surface area contributed by atoms with Crippen molar-refractivity contribution >= 4 is 0 Å². The third-order valence-corrected chi connectivity index (χ3v) is 3.10. The monoisotopic (exact) mass is 246 g/mol. The number of hydrogen-bond acceptors (Lipinski definition) is 1. The molecule has 1 nitrogen and oxygen atoms in total. The van der Waals surface area contributed by atoms with E-state index >= 15 is 0 Å². The van der Waals surface area contributed by atoms with Gasteiger partial charge in [0.15, 0.2) is 0 Å². The van der Waals surface area contributed by atoms with Gasteiger partial charge in [-0.25, -0.2) is 0 Å². The standard InChI is InChI=1S/C13H17F3O/c1-4-8(2)12(17)11-6-5-10(7-9(11)3)13(14,15)16/h5-8,12,17H,4H2,1-3H3. The van der Waals surface area contributed by atoms with Crippen molar-refractivity contribution in [3.63, 3.8) is 0 Å². The first-order valence-corrected chi connectivity index (χ1v) is 5.63. The van der Waals surface area contributed by atoms with Crippen molar-refractivity contribution in [2.24, 2.45) is 5.92 Å². The number of halogens is 3. The Labute approximate surface area is 99.3 Å². The molecular weight excluding hydrogens is 229 g/mol. The van der Waals surface area contributed by atoms with Gasteiger partial charge < -0.3 is 5.11 Å². The highest BCUT2D eigenvalue weighted by Gasteiger charge is 2.31. The number of alkyl halides is 3. The lowest BCUT2D eigenvalue weighted by Crippen LogP contribution is -2.11. The summed E-state index contributed by atoms with van der Waals surface area (Å²) in [7, 11) is 0. The molecule has 0 bridgehead atoms. The van der Waals surface area contributed by atoms with E-state index in [1.807, 2.05) is 13.8 Å². The molecule has 0 heterocycles. The van der Waals surface area contributed by atoms with Gasteiger partial charge in [-0.1, -0.05) is 26.3 Å². The van der Waals surface area contributed by atoms with Gasteiger partial charge in [-0.3, -0.25) is 0 Å². The van der Waals surface area contributed by atoms with Crippen LogP contribution in [0, 0.1) is 12.8 Å². The Morgan fingerprint density at radius 2 is 1.88 bits per heavy atom. The van der Waals surface area contributed by atoms with Gasteiger partial charge in [0.2, 0.25) is 0 Å². The number of aryl methyl sites for hydroxylation is 1. The molecule has 1 N–H and O–H groups in total. The topological polar surface area (TPSA) is 20.2 Å². The van der Waals surface area contributed by atoms with E-state index < -0.39 is 17.8 Å². The van der Waals surface area contributed by atoms with Crippen LogP contribution in [-0.4, -0.2) is 5.11 Å². The van der Waals surface area contributed by atoms with Gasteiger partial charge in [0, 0.05) is 0 Å². The highest BCUT2D eigenvalue weighted by Crippen LogP contribution is 2.33. The van der Waals surface area contributed by atoms with Crippen molar-refractivity contribution in [3.05, 3.63) is 34.9 Å². The number of rotatable bonds is 3. The molecule has 1 aromatic rings. The Morgan fingerprint density at radius 3 is 2.29 bits per heavy atom. The van der Waals surface area contributed by atoms with Gasteiger partial charge in [-0.2, -0.15) is 13.2 Å². The van der Waals surface area contributed by atoms with Crippen LogP contribution in [0.5, 0.6) is 0 Å². The molecule has 0 aromatic heterocycles. The fourth-order valence-corrected chi connectivity index (χ4v) is 1.71. The molecule has 1 aromatic carbocycles. The second kappa shape index (κ2) is 5.08. The fraction of sp³-hybridized carbons (Fsp3) is 0.538. The maximum Gasteiger partial charge on any atom is 0.416 e. The van der Waals surface area contributed by atoms with Crippen LogP contribution in [0.15, 0.2) is 18.2 Å². The normalized spacial score (nSPS) is 15.7. The maximum absolute atomic E-state index is 12.5. The molecule has 2 unspecified atom stereocenters. The third-order valence-electron chi connectivity index (χ3n) is 3.10. The summed E-state index contributed by atoms with van der Waals surface area (Å²) in [5.41, 5.74) is 0.384. The summed E-state index contributed by atoms with van der Waals surface area (Å²) >= 11 is 0. The fourth-order valence-electron chi connectivity index (χ4n) is 1.71. The van der Waals surface area contributed by atoms with E-state index in [2.05, 4.69) is 0 Å². The molecule has 0 aliphatic heterocycles. The second-order valence-corrected chi connectivity index (χ2v) is 4.40. The van der Waals surface area contributed by atoms with E-state index in [0.29, 0.717) is 11.1 Å². The van der Waals surface area contributed by atoms with Crippen LogP contribution in [0.1, 0.15) is 43.1 Å². The molecule has 1 rings (SSSR count). The van der Waals surface area contributed by atoms with E-state index in [1.165, 1.54) is 6.07 Å². The van der Waals surface area contributed by atoms with Crippen molar-refractivity contribution in [1.82, 2.24) is 0 Å². The Hall–Kier alpha value is -1.03. The summed E-state index contributed by atoms with van der Waals surface area (Å²) in [6.07, 6.45) is -4.26. The first-order chi connectivity index (χ1) is 7.77. The van der Waals surface area contributed by atoms with Crippen LogP contribution in [0.4, 0.5) is 13.2 Å². The lowest BCUT2D eigenvalue weighted by molar-refractivity contribution is -0.137. The number of aliphatic hydroxyl groups excluding tert-OH is 1. The summed E-state index contributed by atoms with van der Waals surface area (Å²) in [5, 5.41) is 9.98. The molecule has 0 aliphatic carbocycles. The third kappa shape index (κ3) is 3.22. The molecule has 17 heavy (non-hydrogen) atoms. The van der Waals surface area contributed by atoms with Gasteiger partial charge in [0.1, 0.15) is 0 Å². The van der Waals surface area contributed by atoms with Crippen molar-refractivity contribution in [3.8, 4) is 0 Å². The van der Waals surface area contributed by atoms with Crippen molar-refractivity contribution in [1.29, 1.82) is 0 Å². The Morgan fingerprint density at radius 1 is 1.29 bits per heavy atom.